The SMILES string of the molecule is Cc1ccccc1N1c2ncncc2N(c2ccccc2)C1C. The summed E-state index contributed by atoms with van der Waals surface area (Å²) in [5.41, 5.74) is 4.60. The standard InChI is InChI=1S/C19H18N4/c1-14-8-6-7-11-17(14)23-15(2)22(16-9-4-3-5-10-16)18-12-20-13-21-19(18)23/h3-13,15H,1-2H3. The van der Waals surface area contributed by atoms with Gasteiger partial charge < -0.3 is 9.80 Å². The Hall–Kier alpha value is -2.88. The van der Waals surface area contributed by atoms with Gasteiger partial charge in [0.15, 0.2) is 5.82 Å². The van der Waals surface area contributed by atoms with Gasteiger partial charge in [-0.1, -0.05) is 36.4 Å². The third kappa shape index (κ3) is 2.14. The fraction of sp³-hybridized carbons (Fsp3) is 0.158. The van der Waals surface area contributed by atoms with E-state index in [9.17, 15) is 0 Å². The molecule has 4 rings (SSSR count). The molecular weight excluding hydrogens is 284 g/mol. The maximum absolute atomic E-state index is 4.56. The number of fused-ring (bicyclic) bond motifs is 1. The molecule has 0 saturated heterocycles. The average Bonchev–Trinajstić information content (AvgIpc) is 2.88. The highest BCUT2D eigenvalue weighted by Gasteiger charge is 2.36. The Bertz CT molecular complexity index is 832. The maximum Gasteiger partial charge on any atom is 0.162 e. The topological polar surface area (TPSA) is 32.3 Å². The number of aromatic nitrogens is 2. The summed E-state index contributed by atoms with van der Waals surface area (Å²) in [6.07, 6.45) is 3.64. The van der Waals surface area contributed by atoms with Gasteiger partial charge in [-0.3, -0.25) is 0 Å². The largest absolute Gasteiger partial charge is 0.316 e. The summed E-state index contributed by atoms with van der Waals surface area (Å²) in [5, 5.41) is 0. The summed E-state index contributed by atoms with van der Waals surface area (Å²) in [6, 6.07) is 18.8. The number of rotatable bonds is 2. The molecule has 4 heteroatoms. The Morgan fingerprint density at radius 1 is 0.870 bits per heavy atom. The number of hydrogen-bond donors (Lipinski definition) is 0. The molecule has 1 aliphatic rings. The van der Waals surface area contributed by atoms with Crippen LogP contribution in [0.25, 0.3) is 0 Å². The van der Waals surface area contributed by atoms with Gasteiger partial charge in [-0.05, 0) is 37.6 Å². The van der Waals surface area contributed by atoms with Gasteiger partial charge in [-0.25, -0.2) is 9.97 Å². The van der Waals surface area contributed by atoms with Crippen molar-refractivity contribution >= 4 is 22.9 Å². The predicted molar refractivity (Wildman–Crippen MR) is 93.4 cm³/mol. The molecule has 2 aromatic carbocycles. The predicted octanol–water partition coefficient (Wildman–Crippen LogP) is 4.42. The van der Waals surface area contributed by atoms with Crippen molar-refractivity contribution in [3.05, 3.63) is 72.7 Å². The molecule has 1 atom stereocenters. The van der Waals surface area contributed by atoms with Crippen LogP contribution < -0.4 is 9.80 Å². The molecule has 0 saturated carbocycles. The summed E-state index contributed by atoms with van der Waals surface area (Å²) in [6.45, 7) is 4.33. The zero-order valence-electron chi connectivity index (χ0n) is 13.2. The first-order valence-electron chi connectivity index (χ1n) is 7.76. The second-order valence-electron chi connectivity index (χ2n) is 5.73. The Labute approximate surface area is 136 Å². The van der Waals surface area contributed by atoms with Gasteiger partial charge in [0.1, 0.15) is 18.2 Å². The van der Waals surface area contributed by atoms with Gasteiger partial charge in [-0.2, -0.15) is 0 Å². The first-order valence-corrected chi connectivity index (χ1v) is 7.76. The second kappa shape index (κ2) is 5.39. The molecule has 2 heterocycles. The van der Waals surface area contributed by atoms with Crippen molar-refractivity contribution in [2.24, 2.45) is 0 Å². The fourth-order valence-electron chi connectivity index (χ4n) is 3.26. The molecule has 1 aromatic heterocycles. The summed E-state index contributed by atoms with van der Waals surface area (Å²) >= 11 is 0. The Balaban J connectivity index is 1.89. The van der Waals surface area contributed by atoms with Crippen LogP contribution in [0.15, 0.2) is 67.1 Å². The first kappa shape index (κ1) is 13.8. The lowest BCUT2D eigenvalue weighted by atomic mass is 10.2. The number of benzene rings is 2. The van der Waals surface area contributed by atoms with Crippen LogP contribution in [-0.2, 0) is 0 Å². The zero-order valence-corrected chi connectivity index (χ0v) is 13.2. The van der Waals surface area contributed by atoms with Gasteiger partial charge >= 0.3 is 0 Å². The third-order valence-corrected chi connectivity index (χ3v) is 4.32. The summed E-state index contributed by atoms with van der Waals surface area (Å²) < 4.78 is 0. The first-order chi connectivity index (χ1) is 11.3. The van der Waals surface area contributed by atoms with Crippen molar-refractivity contribution in [3.8, 4) is 0 Å². The number of aryl methyl sites for hydroxylation is 1. The van der Waals surface area contributed by atoms with Gasteiger partial charge in [-0.15, -0.1) is 0 Å². The molecule has 0 fully saturated rings. The lowest BCUT2D eigenvalue weighted by molar-refractivity contribution is 0.755. The molecule has 0 bridgehead atoms. The van der Waals surface area contributed by atoms with E-state index in [1.165, 1.54) is 11.3 Å². The molecule has 1 unspecified atom stereocenters. The molecule has 114 valence electrons. The van der Waals surface area contributed by atoms with Crippen LogP contribution in [0.1, 0.15) is 12.5 Å². The minimum atomic E-state index is 0.130. The number of nitrogens with zero attached hydrogens (tertiary/aromatic N) is 4. The zero-order chi connectivity index (χ0) is 15.8. The molecule has 0 amide bonds. The highest BCUT2D eigenvalue weighted by molar-refractivity contribution is 5.85. The molecule has 4 nitrogen and oxygen atoms in total. The van der Waals surface area contributed by atoms with Crippen LogP contribution in [0.4, 0.5) is 22.9 Å². The molecule has 0 spiro atoms. The maximum atomic E-state index is 4.56. The highest BCUT2D eigenvalue weighted by atomic mass is 15.4. The van der Waals surface area contributed by atoms with E-state index in [-0.39, 0.29) is 6.17 Å². The van der Waals surface area contributed by atoms with Crippen molar-refractivity contribution in [2.45, 2.75) is 20.0 Å². The van der Waals surface area contributed by atoms with Crippen LogP contribution in [-0.4, -0.2) is 16.1 Å². The second-order valence-corrected chi connectivity index (χ2v) is 5.73. The van der Waals surface area contributed by atoms with E-state index in [2.05, 4.69) is 82.1 Å². The van der Waals surface area contributed by atoms with Crippen LogP contribution >= 0.6 is 0 Å². The van der Waals surface area contributed by atoms with Crippen LogP contribution in [0, 0.1) is 6.92 Å². The molecule has 23 heavy (non-hydrogen) atoms. The quantitative estimate of drug-likeness (QED) is 0.701. The third-order valence-electron chi connectivity index (χ3n) is 4.32. The lowest BCUT2D eigenvalue weighted by Crippen LogP contribution is -2.35. The van der Waals surface area contributed by atoms with Crippen molar-refractivity contribution < 1.29 is 0 Å². The van der Waals surface area contributed by atoms with Gasteiger partial charge in [0.2, 0.25) is 0 Å². The summed E-state index contributed by atoms with van der Waals surface area (Å²) in [5.74, 6) is 0.950. The Morgan fingerprint density at radius 2 is 1.61 bits per heavy atom. The highest BCUT2D eigenvalue weighted by Crippen LogP contribution is 2.46. The molecule has 0 N–H and O–H groups in total. The smallest absolute Gasteiger partial charge is 0.162 e. The number of anilines is 4. The Kier molecular flexibility index (Phi) is 3.23. The molecular formula is C19H18N4. The van der Waals surface area contributed by atoms with E-state index < -0.39 is 0 Å². The molecule has 0 aliphatic carbocycles. The van der Waals surface area contributed by atoms with Crippen molar-refractivity contribution in [1.82, 2.24) is 9.97 Å². The molecule has 3 aromatic rings. The number of para-hydroxylation sites is 2. The van der Waals surface area contributed by atoms with Gasteiger partial charge in [0.25, 0.3) is 0 Å². The van der Waals surface area contributed by atoms with E-state index in [0.29, 0.717) is 0 Å². The normalized spacial score (nSPS) is 16.5. The molecule has 0 radical (unpaired) electrons. The fourth-order valence-corrected chi connectivity index (χ4v) is 3.26. The van der Waals surface area contributed by atoms with E-state index in [0.717, 1.165) is 17.2 Å². The summed E-state index contributed by atoms with van der Waals surface area (Å²) in [4.78, 5) is 13.4. The summed E-state index contributed by atoms with van der Waals surface area (Å²) in [7, 11) is 0. The number of hydrogen-bond acceptors (Lipinski definition) is 4. The van der Waals surface area contributed by atoms with E-state index >= 15 is 0 Å². The van der Waals surface area contributed by atoms with E-state index in [4.69, 9.17) is 0 Å². The monoisotopic (exact) mass is 302 g/mol. The van der Waals surface area contributed by atoms with Crippen LogP contribution in [0.2, 0.25) is 0 Å². The molecule has 1 aliphatic heterocycles. The van der Waals surface area contributed by atoms with Crippen molar-refractivity contribution in [3.63, 3.8) is 0 Å². The van der Waals surface area contributed by atoms with Crippen molar-refractivity contribution in [1.29, 1.82) is 0 Å². The van der Waals surface area contributed by atoms with Crippen molar-refractivity contribution in [2.75, 3.05) is 9.80 Å². The van der Waals surface area contributed by atoms with E-state index in [1.807, 2.05) is 12.3 Å². The van der Waals surface area contributed by atoms with Crippen LogP contribution in [0.3, 0.4) is 0 Å². The lowest BCUT2D eigenvalue weighted by Gasteiger charge is -2.30. The minimum absolute atomic E-state index is 0.130. The minimum Gasteiger partial charge on any atom is -0.316 e. The Morgan fingerprint density at radius 3 is 2.39 bits per heavy atom. The average molecular weight is 302 g/mol. The van der Waals surface area contributed by atoms with E-state index in [1.54, 1.807) is 6.33 Å². The van der Waals surface area contributed by atoms with Crippen LogP contribution in [0.5, 0.6) is 0 Å². The van der Waals surface area contributed by atoms with Gasteiger partial charge in [0, 0.05) is 11.4 Å². The van der Waals surface area contributed by atoms with Gasteiger partial charge in [0.05, 0.1) is 6.20 Å².